The van der Waals surface area contributed by atoms with Crippen molar-refractivity contribution in [2.45, 2.75) is 6.61 Å². The van der Waals surface area contributed by atoms with Crippen LogP contribution in [0.25, 0.3) is 21.1 Å². The third-order valence-corrected chi connectivity index (χ3v) is 8.40. The molecular formula is C31H29N5O7S2. The van der Waals surface area contributed by atoms with Gasteiger partial charge in [-0.2, -0.15) is 0 Å². The Labute approximate surface area is 266 Å². The number of methoxy groups -OCH3 is 4. The molecule has 0 saturated heterocycles. The van der Waals surface area contributed by atoms with Crippen LogP contribution in [-0.4, -0.2) is 50.5 Å². The molecule has 0 unspecified atom stereocenters. The minimum Gasteiger partial charge on any atom is -0.493 e. The molecule has 4 N–H and O–H groups in total. The van der Waals surface area contributed by atoms with Gasteiger partial charge >= 0.3 is 12.1 Å². The third kappa shape index (κ3) is 7.25. The quantitative estimate of drug-likeness (QED) is 0.129. The molecule has 45 heavy (non-hydrogen) atoms. The number of hydrogen-bond acceptors (Lipinski definition) is 13. The van der Waals surface area contributed by atoms with Crippen LogP contribution in [0, 0.1) is 0 Å². The Hall–Kier alpha value is -5.34. The first-order chi connectivity index (χ1) is 21.8. The van der Waals surface area contributed by atoms with E-state index in [4.69, 9.17) is 34.4 Å². The van der Waals surface area contributed by atoms with Gasteiger partial charge in [0.2, 0.25) is 5.75 Å². The number of carbonyl (C=O) groups is 2. The van der Waals surface area contributed by atoms with E-state index < -0.39 is 12.1 Å². The molecule has 2 heterocycles. The second kappa shape index (κ2) is 14.0. The van der Waals surface area contributed by atoms with E-state index in [1.54, 1.807) is 69.9 Å². The summed E-state index contributed by atoms with van der Waals surface area (Å²) in [5, 5.41) is 9.17. The molecular weight excluding hydrogens is 619 g/mol. The van der Waals surface area contributed by atoms with Gasteiger partial charge in [-0.25, -0.2) is 19.6 Å². The first-order valence-corrected chi connectivity index (χ1v) is 15.0. The number of nitrogens with two attached hydrogens (primary N) is 1. The SMILES string of the molecule is COC(=O)c1ccc(COC(=O)Nc2cccc(-c3csc(-c4sc(Nc5cc(OC)c(OC)c(OC)c5)nc4N)n3)c2)cc1. The van der Waals surface area contributed by atoms with Crippen LogP contribution < -0.4 is 30.6 Å². The molecule has 2 aromatic heterocycles. The average molecular weight is 648 g/mol. The van der Waals surface area contributed by atoms with E-state index in [1.165, 1.54) is 29.8 Å². The molecule has 5 rings (SSSR count). The number of thiazole rings is 2. The van der Waals surface area contributed by atoms with Gasteiger partial charge in [0, 0.05) is 34.5 Å². The zero-order valence-corrected chi connectivity index (χ0v) is 26.3. The van der Waals surface area contributed by atoms with Crippen molar-refractivity contribution in [2.75, 3.05) is 44.8 Å². The summed E-state index contributed by atoms with van der Waals surface area (Å²) in [4.78, 5) is 34.0. The lowest BCUT2D eigenvalue weighted by Gasteiger charge is -2.14. The molecule has 0 aliphatic carbocycles. The monoisotopic (exact) mass is 647 g/mol. The molecule has 5 aromatic rings. The molecule has 1 amide bonds. The van der Waals surface area contributed by atoms with Crippen molar-refractivity contribution in [2.24, 2.45) is 0 Å². The minimum atomic E-state index is -0.618. The molecule has 0 spiro atoms. The summed E-state index contributed by atoms with van der Waals surface area (Å²) < 4.78 is 26.3. The van der Waals surface area contributed by atoms with E-state index >= 15 is 0 Å². The number of rotatable bonds is 11. The predicted octanol–water partition coefficient (Wildman–Crippen LogP) is 6.82. The number of nitrogens with one attached hydrogen (secondary N) is 2. The zero-order valence-electron chi connectivity index (χ0n) is 24.7. The van der Waals surface area contributed by atoms with Crippen molar-refractivity contribution in [1.82, 2.24) is 9.97 Å². The highest BCUT2D eigenvalue weighted by atomic mass is 32.1. The van der Waals surface area contributed by atoms with Gasteiger partial charge in [0.15, 0.2) is 16.6 Å². The van der Waals surface area contributed by atoms with Gasteiger partial charge < -0.3 is 34.7 Å². The molecule has 12 nitrogen and oxygen atoms in total. The van der Waals surface area contributed by atoms with Gasteiger partial charge in [0.1, 0.15) is 22.3 Å². The summed E-state index contributed by atoms with van der Waals surface area (Å²) in [5.41, 5.74) is 10.2. The topological polar surface area (TPSA) is 156 Å². The van der Waals surface area contributed by atoms with E-state index in [9.17, 15) is 9.59 Å². The van der Waals surface area contributed by atoms with E-state index in [0.29, 0.717) is 55.8 Å². The highest BCUT2D eigenvalue weighted by Crippen LogP contribution is 2.43. The summed E-state index contributed by atoms with van der Waals surface area (Å²) in [6.45, 7) is 0.0368. The van der Waals surface area contributed by atoms with E-state index in [2.05, 4.69) is 15.6 Å². The Balaban J connectivity index is 1.24. The lowest BCUT2D eigenvalue weighted by Crippen LogP contribution is -2.13. The van der Waals surface area contributed by atoms with Gasteiger partial charge in [0.05, 0.1) is 39.7 Å². The van der Waals surface area contributed by atoms with Crippen molar-refractivity contribution in [1.29, 1.82) is 0 Å². The number of benzene rings is 3. The van der Waals surface area contributed by atoms with Crippen LogP contribution in [0.15, 0.2) is 66.0 Å². The van der Waals surface area contributed by atoms with Gasteiger partial charge in [-0.3, -0.25) is 5.32 Å². The number of nitrogens with zero attached hydrogens (tertiary/aromatic N) is 2. The first-order valence-electron chi connectivity index (χ1n) is 13.3. The fourth-order valence-electron chi connectivity index (χ4n) is 4.24. The minimum absolute atomic E-state index is 0.0368. The molecule has 232 valence electrons. The Morgan fingerprint density at radius 3 is 2.29 bits per heavy atom. The van der Waals surface area contributed by atoms with Crippen molar-refractivity contribution in [3.8, 4) is 38.4 Å². The predicted molar refractivity (Wildman–Crippen MR) is 174 cm³/mol. The van der Waals surface area contributed by atoms with Crippen molar-refractivity contribution in [3.05, 3.63) is 77.2 Å². The second-order valence-corrected chi connectivity index (χ2v) is 11.1. The molecule has 0 aliphatic heterocycles. The number of amides is 1. The van der Waals surface area contributed by atoms with Gasteiger partial charge in [0.25, 0.3) is 0 Å². The Morgan fingerprint density at radius 1 is 0.889 bits per heavy atom. The first kappa shape index (κ1) is 31.1. The van der Waals surface area contributed by atoms with Crippen LogP contribution in [0.3, 0.4) is 0 Å². The van der Waals surface area contributed by atoms with Crippen LogP contribution in [0.1, 0.15) is 15.9 Å². The van der Waals surface area contributed by atoms with Crippen LogP contribution >= 0.6 is 22.7 Å². The smallest absolute Gasteiger partial charge is 0.411 e. The van der Waals surface area contributed by atoms with Crippen molar-refractivity contribution in [3.63, 3.8) is 0 Å². The van der Waals surface area contributed by atoms with Crippen LogP contribution in [0.2, 0.25) is 0 Å². The molecule has 14 heteroatoms. The largest absolute Gasteiger partial charge is 0.493 e. The number of esters is 1. The van der Waals surface area contributed by atoms with Crippen molar-refractivity contribution >= 4 is 57.1 Å². The molecule has 0 atom stereocenters. The Kier molecular flexibility index (Phi) is 9.65. The molecule has 0 saturated carbocycles. The van der Waals surface area contributed by atoms with Crippen LogP contribution in [0.4, 0.5) is 27.1 Å². The number of nitrogen functional groups attached to an aromatic ring is 1. The molecule has 0 bridgehead atoms. The Morgan fingerprint density at radius 2 is 1.62 bits per heavy atom. The zero-order chi connectivity index (χ0) is 31.9. The lowest BCUT2D eigenvalue weighted by atomic mass is 10.1. The van der Waals surface area contributed by atoms with Gasteiger partial charge in [-0.15, -0.1) is 11.3 Å². The van der Waals surface area contributed by atoms with Gasteiger partial charge in [-0.1, -0.05) is 35.6 Å². The number of ether oxygens (including phenoxy) is 5. The summed E-state index contributed by atoms with van der Waals surface area (Å²) in [7, 11) is 5.96. The van der Waals surface area contributed by atoms with E-state index in [1.807, 2.05) is 17.5 Å². The summed E-state index contributed by atoms with van der Waals surface area (Å²) in [6, 6.07) is 17.4. The summed E-state index contributed by atoms with van der Waals surface area (Å²) >= 11 is 2.79. The highest BCUT2D eigenvalue weighted by Gasteiger charge is 2.18. The van der Waals surface area contributed by atoms with Crippen LogP contribution in [0.5, 0.6) is 17.2 Å². The molecule has 0 aliphatic rings. The lowest BCUT2D eigenvalue weighted by molar-refractivity contribution is 0.0600. The standard InChI is InChI=1S/C31H29N5O7S2/c1-39-23-13-21(14-24(40-2)25(23)41-3)33-30-36-27(32)26(45-30)28-35-22(16-44-28)19-6-5-7-20(12-19)34-31(38)43-15-17-8-10-18(11-9-17)29(37)42-4/h5-14,16H,15,32H2,1-4H3,(H,33,36)(H,34,38). The highest BCUT2D eigenvalue weighted by molar-refractivity contribution is 7.23. The molecule has 3 aromatic carbocycles. The number of carbonyl (C=O) groups excluding carboxylic acids is 2. The molecule has 0 radical (unpaired) electrons. The Bertz CT molecular complexity index is 1800. The second-order valence-electron chi connectivity index (χ2n) is 9.28. The van der Waals surface area contributed by atoms with Crippen molar-refractivity contribution < 1.29 is 33.3 Å². The third-order valence-electron chi connectivity index (χ3n) is 6.42. The maximum atomic E-state index is 12.5. The number of anilines is 4. The average Bonchev–Trinajstić information content (AvgIpc) is 3.69. The summed E-state index contributed by atoms with van der Waals surface area (Å²) in [6.07, 6.45) is -0.618. The van der Waals surface area contributed by atoms with Crippen LogP contribution in [-0.2, 0) is 16.1 Å². The van der Waals surface area contributed by atoms with E-state index in [-0.39, 0.29) is 6.61 Å². The van der Waals surface area contributed by atoms with Gasteiger partial charge in [-0.05, 0) is 29.8 Å². The number of aromatic nitrogens is 2. The van der Waals surface area contributed by atoms with E-state index in [0.717, 1.165) is 16.0 Å². The fraction of sp³-hybridized carbons (Fsp3) is 0.161. The maximum absolute atomic E-state index is 12.5. The summed E-state index contributed by atoms with van der Waals surface area (Å²) in [5.74, 6) is 1.40. The maximum Gasteiger partial charge on any atom is 0.411 e. The number of hydrogen-bond donors (Lipinski definition) is 3. The normalized spacial score (nSPS) is 10.6. The fourth-order valence-corrected chi connectivity index (χ4v) is 6.07. The molecule has 0 fully saturated rings.